The number of anilines is 1. The standard InChI is InChI=1S/C29H34N4O2/c1-3-7-28-30-20-27(35-28)23-12-14-24(15-13-23)32-16-18-33(19-17-32)29(34)31-21(2)25-11-6-9-22-8-4-5-10-26(22)25/h4,6,8-9,11-15,20-21H,3,5,7,10,16-19H2,1-2H3,(H,31,34)/t21-/m0/s1. The predicted molar refractivity (Wildman–Crippen MR) is 140 cm³/mol. The van der Waals surface area contributed by atoms with Crippen LogP contribution in [0.4, 0.5) is 10.5 Å². The number of aryl methyl sites for hydroxylation is 1. The van der Waals surface area contributed by atoms with Crippen LogP contribution in [0.2, 0.25) is 0 Å². The Morgan fingerprint density at radius 2 is 1.91 bits per heavy atom. The number of hydrogen-bond acceptors (Lipinski definition) is 4. The van der Waals surface area contributed by atoms with Crippen LogP contribution in [0.1, 0.15) is 55.3 Å². The van der Waals surface area contributed by atoms with Crippen LogP contribution in [-0.4, -0.2) is 42.1 Å². The number of carbonyl (C=O) groups excluding carboxylic acids is 1. The van der Waals surface area contributed by atoms with E-state index in [0.29, 0.717) is 13.1 Å². The van der Waals surface area contributed by atoms with Gasteiger partial charge in [-0.15, -0.1) is 0 Å². The maximum atomic E-state index is 13.0. The average molecular weight is 471 g/mol. The number of benzene rings is 2. The van der Waals surface area contributed by atoms with Gasteiger partial charge in [0.1, 0.15) is 0 Å². The molecule has 1 N–H and O–H groups in total. The van der Waals surface area contributed by atoms with E-state index in [9.17, 15) is 4.79 Å². The minimum absolute atomic E-state index is 0.0107. The number of carbonyl (C=O) groups is 1. The van der Waals surface area contributed by atoms with E-state index in [4.69, 9.17) is 4.42 Å². The number of nitrogens with one attached hydrogen (secondary N) is 1. The normalized spacial score (nSPS) is 16.2. The SMILES string of the molecule is CCCc1ncc(-c2ccc(N3CCN(C(=O)N[C@@H](C)c4cccc5c4CCC=C5)CC3)cc2)o1. The van der Waals surface area contributed by atoms with Gasteiger partial charge in [0.2, 0.25) is 0 Å². The first-order valence-corrected chi connectivity index (χ1v) is 12.8. The van der Waals surface area contributed by atoms with E-state index in [1.807, 2.05) is 4.90 Å². The Labute approximate surface area is 207 Å². The van der Waals surface area contributed by atoms with Crippen LogP contribution in [0.5, 0.6) is 0 Å². The third-order valence-corrected chi connectivity index (χ3v) is 7.01. The van der Waals surface area contributed by atoms with Gasteiger partial charge >= 0.3 is 6.03 Å². The molecule has 2 amide bonds. The molecule has 6 heteroatoms. The van der Waals surface area contributed by atoms with Crippen LogP contribution < -0.4 is 10.2 Å². The van der Waals surface area contributed by atoms with Crippen molar-refractivity contribution in [1.29, 1.82) is 0 Å². The van der Waals surface area contributed by atoms with Gasteiger partial charge in [-0.2, -0.15) is 0 Å². The molecule has 1 aliphatic heterocycles. The van der Waals surface area contributed by atoms with Crippen molar-refractivity contribution in [2.45, 2.75) is 45.6 Å². The van der Waals surface area contributed by atoms with Crippen molar-refractivity contribution in [3.8, 4) is 11.3 Å². The van der Waals surface area contributed by atoms with Gasteiger partial charge in [0.25, 0.3) is 0 Å². The van der Waals surface area contributed by atoms with E-state index < -0.39 is 0 Å². The first-order chi connectivity index (χ1) is 17.1. The van der Waals surface area contributed by atoms with Crippen LogP contribution in [0, 0.1) is 0 Å². The van der Waals surface area contributed by atoms with E-state index >= 15 is 0 Å². The minimum atomic E-state index is -0.0107. The Morgan fingerprint density at radius 1 is 1.11 bits per heavy atom. The predicted octanol–water partition coefficient (Wildman–Crippen LogP) is 5.85. The first kappa shape index (κ1) is 23.2. The maximum Gasteiger partial charge on any atom is 0.317 e. The summed E-state index contributed by atoms with van der Waals surface area (Å²) < 4.78 is 5.85. The van der Waals surface area contributed by atoms with Gasteiger partial charge in [0.15, 0.2) is 11.7 Å². The number of allylic oxidation sites excluding steroid dienone is 1. The largest absolute Gasteiger partial charge is 0.441 e. The zero-order chi connectivity index (χ0) is 24.2. The summed E-state index contributed by atoms with van der Waals surface area (Å²) in [5, 5.41) is 3.24. The summed E-state index contributed by atoms with van der Waals surface area (Å²) in [7, 11) is 0. The van der Waals surface area contributed by atoms with Crippen molar-refractivity contribution in [3.05, 3.63) is 77.3 Å². The van der Waals surface area contributed by atoms with Crippen molar-refractivity contribution in [1.82, 2.24) is 15.2 Å². The van der Waals surface area contributed by atoms with Crippen molar-refractivity contribution in [2.75, 3.05) is 31.1 Å². The molecular weight excluding hydrogens is 436 g/mol. The van der Waals surface area contributed by atoms with Gasteiger partial charge in [-0.3, -0.25) is 0 Å². The number of hydrogen-bond donors (Lipinski definition) is 1. The summed E-state index contributed by atoms with van der Waals surface area (Å²) in [4.78, 5) is 21.6. The molecular formula is C29H34N4O2. The van der Waals surface area contributed by atoms with E-state index in [1.54, 1.807) is 6.20 Å². The monoisotopic (exact) mass is 470 g/mol. The lowest BCUT2D eigenvalue weighted by molar-refractivity contribution is 0.191. The molecule has 5 rings (SSSR count). The zero-order valence-corrected chi connectivity index (χ0v) is 20.7. The Bertz CT molecular complexity index is 1190. The summed E-state index contributed by atoms with van der Waals surface area (Å²) in [5.41, 5.74) is 6.07. The maximum absolute atomic E-state index is 13.0. The molecule has 3 aromatic rings. The highest BCUT2D eigenvalue weighted by molar-refractivity contribution is 5.75. The van der Waals surface area contributed by atoms with Crippen LogP contribution in [0.3, 0.4) is 0 Å². The van der Waals surface area contributed by atoms with Crippen LogP contribution in [0.15, 0.2) is 59.2 Å². The van der Waals surface area contributed by atoms with Gasteiger partial charge in [-0.05, 0) is 67.1 Å². The average Bonchev–Trinajstić information content (AvgIpc) is 3.37. The fourth-order valence-corrected chi connectivity index (χ4v) is 5.04. The lowest BCUT2D eigenvalue weighted by atomic mass is 9.90. The van der Waals surface area contributed by atoms with Crippen LogP contribution in [0.25, 0.3) is 17.4 Å². The summed E-state index contributed by atoms with van der Waals surface area (Å²) in [6, 6.07) is 14.8. The molecule has 182 valence electrons. The Kier molecular flexibility index (Phi) is 6.89. The smallest absolute Gasteiger partial charge is 0.317 e. The molecule has 0 saturated carbocycles. The fraction of sp³-hybridized carbons (Fsp3) is 0.379. The molecule has 1 aliphatic carbocycles. The van der Waals surface area contributed by atoms with Gasteiger partial charge in [-0.25, -0.2) is 9.78 Å². The summed E-state index contributed by atoms with van der Waals surface area (Å²) in [6.07, 6.45) is 10.2. The van der Waals surface area contributed by atoms with Crippen molar-refractivity contribution < 1.29 is 9.21 Å². The number of amides is 2. The van der Waals surface area contributed by atoms with Crippen molar-refractivity contribution in [2.24, 2.45) is 0 Å². The van der Waals surface area contributed by atoms with Crippen molar-refractivity contribution in [3.63, 3.8) is 0 Å². The number of urea groups is 1. The molecule has 2 heterocycles. The summed E-state index contributed by atoms with van der Waals surface area (Å²) in [5.74, 6) is 1.60. The fourth-order valence-electron chi connectivity index (χ4n) is 5.04. The summed E-state index contributed by atoms with van der Waals surface area (Å²) >= 11 is 0. The number of nitrogens with zero attached hydrogens (tertiary/aromatic N) is 3. The lowest BCUT2D eigenvalue weighted by Gasteiger charge is -2.36. The van der Waals surface area contributed by atoms with Crippen molar-refractivity contribution >= 4 is 17.8 Å². The molecule has 1 aromatic heterocycles. The molecule has 0 radical (unpaired) electrons. The highest BCUT2D eigenvalue weighted by Gasteiger charge is 2.24. The second-order valence-electron chi connectivity index (χ2n) is 9.42. The molecule has 0 unspecified atom stereocenters. The third kappa shape index (κ3) is 5.11. The summed E-state index contributed by atoms with van der Waals surface area (Å²) in [6.45, 7) is 7.25. The Hall–Kier alpha value is -3.54. The Morgan fingerprint density at radius 3 is 2.69 bits per heavy atom. The number of rotatable bonds is 6. The molecule has 35 heavy (non-hydrogen) atoms. The number of piperazine rings is 1. The molecule has 6 nitrogen and oxygen atoms in total. The molecule has 1 saturated heterocycles. The number of fused-ring (bicyclic) bond motifs is 1. The molecule has 0 bridgehead atoms. The van der Waals surface area contributed by atoms with Gasteiger partial charge in [0.05, 0.1) is 12.2 Å². The molecule has 1 atom stereocenters. The quantitative estimate of drug-likeness (QED) is 0.491. The topological polar surface area (TPSA) is 61.6 Å². The highest BCUT2D eigenvalue weighted by atomic mass is 16.4. The van der Waals surface area contributed by atoms with Gasteiger partial charge in [-0.1, -0.05) is 37.3 Å². The second kappa shape index (κ2) is 10.4. The Balaban J connectivity index is 1.16. The van der Waals surface area contributed by atoms with E-state index in [-0.39, 0.29) is 12.1 Å². The molecule has 1 fully saturated rings. The van der Waals surface area contributed by atoms with E-state index in [2.05, 4.69) is 83.7 Å². The van der Waals surface area contributed by atoms with Crippen LogP contribution in [-0.2, 0) is 12.8 Å². The highest BCUT2D eigenvalue weighted by Crippen LogP contribution is 2.28. The van der Waals surface area contributed by atoms with E-state index in [1.165, 1.54) is 22.4 Å². The van der Waals surface area contributed by atoms with E-state index in [0.717, 1.165) is 56.0 Å². The molecule has 2 aliphatic rings. The number of aromatic nitrogens is 1. The number of oxazole rings is 1. The lowest BCUT2D eigenvalue weighted by Crippen LogP contribution is -2.52. The molecule has 0 spiro atoms. The molecule has 2 aromatic carbocycles. The zero-order valence-electron chi connectivity index (χ0n) is 20.7. The van der Waals surface area contributed by atoms with Crippen LogP contribution >= 0.6 is 0 Å². The minimum Gasteiger partial charge on any atom is -0.441 e. The van der Waals surface area contributed by atoms with Gasteiger partial charge in [0, 0.05) is 43.9 Å². The third-order valence-electron chi connectivity index (χ3n) is 7.01. The first-order valence-electron chi connectivity index (χ1n) is 12.8. The second-order valence-corrected chi connectivity index (χ2v) is 9.42. The van der Waals surface area contributed by atoms with Gasteiger partial charge < -0.3 is 19.5 Å².